The van der Waals surface area contributed by atoms with Gasteiger partial charge in [-0.25, -0.2) is 9.78 Å². The Bertz CT molecular complexity index is 502. The van der Waals surface area contributed by atoms with Crippen molar-refractivity contribution in [3.8, 4) is 0 Å². The van der Waals surface area contributed by atoms with Crippen LogP contribution in [-0.2, 0) is 6.54 Å². The van der Waals surface area contributed by atoms with Crippen molar-refractivity contribution in [3.63, 3.8) is 0 Å². The number of benzene rings is 1. The fourth-order valence-corrected chi connectivity index (χ4v) is 2.18. The van der Waals surface area contributed by atoms with Gasteiger partial charge in [-0.15, -0.1) is 11.3 Å². The number of hydrogen-bond acceptors (Lipinski definition) is 4. The largest absolute Gasteiger partial charge is 0.394 e. The molecule has 1 unspecified atom stereocenters. The van der Waals surface area contributed by atoms with E-state index in [1.165, 1.54) is 11.3 Å². The van der Waals surface area contributed by atoms with Crippen LogP contribution in [0.4, 0.5) is 4.79 Å². The van der Waals surface area contributed by atoms with E-state index in [4.69, 9.17) is 0 Å². The highest BCUT2D eigenvalue weighted by Crippen LogP contribution is 2.11. The Morgan fingerprint density at radius 1 is 1.37 bits per heavy atom. The monoisotopic (exact) mass is 277 g/mol. The van der Waals surface area contributed by atoms with Gasteiger partial charge in [-0.05, 0) is 5.56 Å². The van der Waals surface area contributed by atoms with Gasteiger partial charge in [0.05, 0.1) is 30.4 Å². The smallest absolute Gasteiger partial charge is 0.315 e. The summed E-state index contributed by atoms with van der Waals surface area (Å²) in [5.74, 6) is 0. The fraction of sp³-hybridized carbons (Fsp3) is 0.231. The lowest BCUT2D eigenvalue weighted by atomic mass is 10.1. The number of aromatic nitrogens is 1. The first-order valence-corrected chi connectivity index (χ1v) is 6.81. The standard InChI is InChI=1S/C13H15N3O2S/c17-7-12(10-4-2-1-3-5-10)16-13(18)14-6-11-8-19-9-15-11/h1-5,8-9,12,17H,6-7H2,(H2,14,16,18). The molecule has 19 heavy (non-hydrogen) atoms. The molecule has 0 saturated heterocycles. The SMILES string of the molecule is O=C(NCc1cscn1)NC(CO)c1ccccc1. The molecule has 6 heteroatoms. The third-order valence-electron chi connectivity index (χ3n) is 2.60. The number of amides is 2. The number of thiazole rings is 1. The zero-order valence-corrected chi connectivity index (χ0v) is 11.1. The van der Waals surface area contributed by atoms with Gasteiger partial charge in [0.25, 0.3) is 0 Å². The van der Waals surface area contributed by atoms with Crippen LogP contribution in [0.15, 0.2) is 41.2 Å². The van der Waals surface area contributed by atoms with Crippen LogP contribution in [0.3, 0.4) is 0 Å². The van der Waals surface area contributed by atoms with Crippen LogP contribution in [-0.4, -0.2) is 22.7 Å². The predicted octanol–water partition coefficient (Wildman–Crippen LogP) is 1.68. The van der Waals surface area contributed by atoms with Crippen LogP contribution in [0.1, 0.15) is 17.3 Å². The van der Waals surface area contributed by atoms with Crippen LogP contribution < -0.4 is 10.6 Å². The summed E-state index contributed by atoms with van der Waals surface area (Å²) >= 11 is 1.48. The Balaban J connectivity index is 1.86. The molecule has 1 aromatic heterocycles. The lowest BCUT2D eigenvalue weighted by molar-refractivity contribution is 0.216. The van der Waals surface area contributed by atoms with E-state index < -0.39 is 6.04 Å². The number of urea groups is 1. The Morgan fingerprint density at radius 2 is 2.16 bits per heavy atom. The predicted molar refractivity (Wildman–Crippen MR) is 73.8 cm³/mol. The van der Waals surface area contributed by atoms with Gasteiger partial charge >= 0.3 is 6.03 Å². The molecule has 100 valence electrons. The van der Waals surface area contributed by atoms with E-state index in [0.717, 1.165) is 11.3 Å². The summed E-state index contributed by atoms with van der Waals surface area (Å²) in [5, 5.41) is 16.6. The number of aliphatic hydroxyl groups is 1. The van der Waals surface area contributed by atoms with Crippen molar-refractivity contribution in [2.24, 2.45) is 0 Å². The van der Waals surface area contributed by atoms with Crippen molar-refractivity contribution in [2.75, 3.05) is 6.61 Å². The lowest BCUT2D eigenvalue weighted by Gasteiger charge is -2.16. The summed E-state index contributed by atoms with van der Waals surface area (Å²) < 4.78 is 0. The number of carbonyl (C=O) groups excluding carboxylic acids is 1. The zero-order chi connectivity index (χ0) is 13.5. The number of rotatable bonds is 5. The van der Waals surface area contributed by atoms with Gasteiger partial charge in [0.1, 0.15) is 0 Å². The van der Waals surface area contributed by atoms with Gasteiger partial charge in [0.15, 0.2) is 0 Å². The molecule has 0 fully saturated rings. The molecule has 2 amide bonds. The molecular formula is C13H15N3O2S. The molecule has 0 bridgehead atoms. The van der Waals surface area contributed by atoms with Crippen LogP contribution >= 0.6 is 11.3 Å². The summed E-state index contributed by atoms with van der Waals surface area (Å²) in [7, 11) is 0. The molecule has 0 spiro atoms. The molecule has 3 N–H and O–H groups in total. The minimum Gasteiger partial charge on any atom is -0.394 e. The molecule has 0 aliphatic rings. The minimum absolute atomic E-state index is 0.145. The van der Waals surface area contributed by atoms with E-state index in [-0.39, 0.29) is 12.6 Å². The zero-order valence-electron chi connectivity index (χ0n) is 10.2. The quantitative estimate of drug-likeness (QED) is 0.778. The van der Waals surface area contributed by atoms with E-state index in [0.29, 0.717) is 6.54 Å². The normalized spacial score (nSPS) is 11.8. The van der Waals surface area contributed by atoms with Gasteiger partial charge in [-0.3, -0.25) is 0 Å². The maximum absolute atomic E-state index is 11.7. The maximum Gasteiger partial charge on any atom is 0.315 e. The minimum atomic E-state index is -0.406. The van der Waals surface area contributed by atoms with E-state index in [2.05, 4.69) is 15.6 Å². The van der Waals surface area contributed by atoms with Crippen LogP contribution in [0, 0.1) is 0 Å². The maximum atomic E-state index is 11.7. The fourth-order valence-electron chi connectivity index (χ4n) is 1.62. The van der Waals surface area contributed by atoms with Crippen LogP contribution in [0.25, 0.3) is 0 Å². The molecule has 1 atom stereocenters. The lowest BCUT2D eigenvalue weighted by Crippen LogP contribution is -2.38. The highest BCUT2D eigenvalue weighted by molar-refractivity contribution is 7.07. The summed E-state index contributed by atoms with van der Waals surface area (Å²) in [6.45, 7) is 0.233. The topological polar surface area (TPSA) is 74.2 Å². The van der Waals surface area contributed by atoms with Crippen LogP contribution in [0.5, 0.6) is 0 Å². The van der Waals surface area contributed by atoms with Crippen molar-refractivity contribution in [1.82, 2.24) is 15.6 Å². The number of carbonyl (C=O) groups is 1. The molecule has 2 rings (SSSR count). The Labute approximate surface area is 115 Å². The van der Waals surface area contributed by atoms with Crippen molar-refractivity contribution >= 4 is 17.4 Å². The van der Waals surface area contributed by atoms with Gasteiger partial charge < -0.3 is 15.7 Å². The van der Waals surface area contributed by atoms with Crippen molar-refractivity contribution in [1.29, 1.82) is 0 Å². The molecular weight excluding hydrogens is 262 g/mol. The van der Waals surface area contributed by atoms with E-state index >= 15 is 0 Å². The summed E-state index contributed by atoms with van der Waals surface area (Å²) in [6.07, 6.45) is 0. The second-order valence-corrected chi connectivity index (χ2v) is 4.67. The molecule has 1 heterocycles. The second kappa shape index (κ2) is 6.86. The van der Waals surface area contributed by atoms with E-state index in [1.807, 2.05) is 35.7 Å². The molecule has 0 radical (unpaired) electrons. The molecule has 0 aliphatic carbocycles. The summed E-state index contributed by atoms with van der Waals surface area (Å²) in [5.41, 5.74) is 3.41. The molecule has 2 aromatic rings. The highest BCUT2D eigenvalue weighted by Gasteiger charge is 2.12. The number of aliphatic hydroxyl groups excluding tert-OH is 1. The molecule has 0 saturated carbocycles. The molecule has 5 nitrogen and oxygen atoms in total. The Hall–Kier alpha value is -1.92. The van der Waals surface area contributed by atoms with Crippen molar-refractivity contribution in [3.05, 3.63) is 52.5 Å². The first kappa shape index (κ1) is 13.5. The Kier molecular flexibility index (Phi) is 4.88. The average Bonchev–Trinajstić information content (AvgIpc) is 2.97. The second-order valence-electron chi connectivity index (χ2n) is 3.95. The highest BCUT2D eigenvalue weighted by atomic mass is 32.1. The van der Waals surface area contributed by atoms with Crippen molar-refractivity contribution in [2.45, 2.75) is 12.6 Å². The first-order valence-electron chi connectivity index (χ1n) is 5.87. The Morgan fingerprint density at radius 3 is 2.79 bits per heavy atom. The first-order chi connectivity index (χ1) is 9.29. The molecule has 0 aliphatic heterocycles. The third kappa shape index (κ3) is 4.04. The number of nitrogens with zero attached hydrogens (tertiary/aromatic N) is 1. The van der Waals surface area contributed by atoms with Gasteiger partial charge in [-0.1, -0.05) is 30.3 Å². The van der Waals surface area contributed by atoms with E-state index in [9.17, 15) is 9.90 Å². The molecule has 1 aromatic carbocycles. The summed E-state index contributed by atoms with van der Waals surface area (Å²) in [4.78, 5) is 15.8. The van der Waals surface area contributed by atoms with Gasteiger partial charge in [0.2, 0.25) is 0 Å². The van der Waals surface area contributed by atoms with E-state index in [1.54, 1.807) is 5.51 Å². The number of hydrogen-bond donors (Lipinski definition) is 3. The average molecular weight is 277 g/mol. The van der Waals surface area contributed by atoms with Gasteiger partial charge in [0, 0.05) is 5.38 Å². The van der Waals surface area contributed by atoms with Gasteiger partial charge in [-0.2, -0.15) is 0 Å². The number of nitrogens with one attached hydrogen (secondary N) is 2. The van der Waals surface area contributed by atoms with Crippen LogP contribution in [0.2, 0.25) is 0 Å². The van der Waals surface area contributed by atoms with Crippen molar-refractivity contribution < 1.29 is 9.90 Å². The summed E-state index contributed by atoms with van der Waals surface area (Å²) in [6, 6.07) is 8.62. The third-order valence-corrected chi connectivity index (χ3v) is 3.24.